The number of nitrogens with one attached hydrogen (secondary N) is 1. The van der Waals surface area contributed by atoms with E-state index in [0.717, 1.165) is 36.9 Å². The van der Waals surface area contributed by atoms with Crippen molar-refractivity contribution >= 4 is 11.6 Å². The van der Waals surface area contributed by atoms with E-state index in [4.69, 9.17) is 0 Å². The second kappa shape index (κ2) is 5.28. The Hall–Kier alpha value is -1.82. The first kappa shape index (κ1) is 13.2. The average Bonchev–Trinajstić information content (AvgIpc) is 3.30. The minimum Gasteiger partial charge on any atom is -0.326 e. The molecule has 1 N–H and O–H groups in total. The van der Waals surface area contributed by atoms with Crippen LogP contribution in [-0.2, 0) is 10.2 Å². The number of nitriles is 1. The molecule has 20 heavy (non-hydrogen) atoms. The van der Waals surface area contributed by atoms with E-state index < -0.39 is 0 Å². The van der Waals surface area contributed by atoms with Gasteiger partial charge in [0.2, 0.25) is 5.91 Å². The van der Waals surface area contributed by atoms with Gasteiger partial charge in [-0.05, 0) is 43.4 Å². The predicted octanol–water partition coefficient (Wildman–Crippen LogP) is 3.76. The zero-order valence-electron chi connectivity index (χ0n) is 11.7. The number of amides is 1. The Kier molecular flexibility index (Phi) is 3.48. The third-order valence-electron chi connectivity index (χ3n) is 4.65. The molecular weight excluding hydrogens is 248 g/mol. The number of carbonyl (C=O) groups excluding carboxylic acids is 1. The molecule has 0 aromatic heterocycles. The fourth-order valence-electron chi connectivity index (χ4n) is 3.07. The Morgan fingerprint density at radius 3 is 2.35 bits per heavy atom. The molecule has 3 rings (SSSR count). The first-order chi connectivity index (χ1) is 9.73. The second-order valence-electron chi connectivity index (χ2n) is 6.10. The van der Waals surface area contributed by atoms with Crippen molar-refractivity contribution < 1.29 is 4.79 Å². The lowest BCUT2D eigenvalue weighted by Gasteiger charge is -2.20. The summed E-state index contributed by atoms with van der Waals surface area (Å²) in [5.41, 5.74) is 1.68. The summed E-state index contributed by atoms with van der Waals surface area (Å²) in [5, 5.41) is 12.2. The van der Waals surface area contributed by atoms with Crippen molar-refractivity contribution in [3.05, 3.63) is 29.8 Å². The van der Waals surface area contributed by atoms with E-state index in [9.17, 15) is 10.1 Å². The Labute approximate surface area is 120 Å². The van der Waals surface area contributed by atoms with Crippen LogP contribution >= 0.6 is 0 Å². The molecule has 0 spiro atoms. The van der Waals surface area contributed by atoms with Gasteiger partial charge in [0.15, 0.2) is 0 Å². The highest BCUT2D eigenvalue weighted by molar-refractivity contribution is 5.92. The van der Waals surface area contributed by atoms with Crippen LogP contribution in [0.4, 0.5) is 5.69 Å². The van der Waals surface area contributed by atoms with Crippen LogP contribution < -0.4 is 5.32 Å². The van der Waals surface area contributed by atoms with Crippen molar-refractivity contribution in [3.63, 3.8) is 0 Å². The van der Waals surface area contributed by atoms with Gasteiger partial charge in [0.25, 0.3) is 0 Å². The molecule has 1 amide bonds. The molecule has 2 saturated carbocycles. The lowest BCUT2D eigenvalue weighted by molar-refractivity contribution is -0.120. The third-order valence-corrected chi connectivity index (χ3v) is 4.65. The highest BCUT2D eigenvalue weighted by Gasteiger charge is 2.44. The summed E-state index contributed by atoms with van der Waals surface area (Å²) in [6.45, 7) is 0. The molecule has 0 bridgehead atoms. The molecule has 0 atom stereocenters. The Balaban J connectivity index is 1.63. The quantitative estimate of drug-likeness (QED) is 0.907. The fraction of sp³-hybridized carbons (Fsp3) is 0.529. The Morgan fingerprint density at radius 1 is 1.15 bits per heavy atom. The molecule has 2 aliphatic rings. The zero-order chi connectivity index (χ0) is 14.0. The van der Waals surface area contributed by atoms with Crippen LogP contribution in [0.5, 0.6) is 0 Å². The van der Waals surface area contributed by atoms with Crippen LogP contribution in [0.1, 0.15) is 50.5 Å². The Morgan fingerprint density at radius 2 is 1.80 bits per heavy atom. The molecule has 3 heteroatoms. The average molecular weight is 268 g/mol. The SMILES string of the molecule is N#CC1(c2ccc(NC(=O)C3CCCCC3)cc2)CC1. The molecule has 2 aliphatic carbocycles. The molecule has 0 saturated heterocycles. The number of nitrogens with zero attached hydrogens (tertiary/aromatic N) is 1. The van der Waals surface area contributed by atoms with Gasteiger partial charge in [0, 0.05) is 11.6 Å². The van der Waals surface area contributed by atoms with Crippen molar-refractivity contribution in [2.45, 2.75) is 50.4 Å². The second-order valence-corrected chi connectivity index (χ2v) is 6.10. The smallest absolute Gasteiger partial charge is 0.227 e. The standard InChI is InChI=1S/C17H20N2O/c18-12-17(10-11-17)14-6-8-15(9-7-14)19-16(20)13-4-2-1-3-5-13/h6-9,13H,1-5,10-11H2,(H,19,20). The van der Waals surface area contributed by atoms with Crippen molar-refractivity contribution in [2.24, 2.45) is 5.92 Å². The topological polar surface area (TPSA) is 52.9 Å². The van der Waals surface area contributed by atoms with E-state index in [1.165, 1.54) is 19.3 Å². The van der Waals surface area contributed by atoms with E-state index in [0.29, 0.717) is 0 Å². The maximum atomic E-state index is 12.2. The monoisotopic (exact) mass is 268 g/mol. The molecule has 0 aliphatic heterocycles. The summed E-state index contributed by atoms with van der Waals surface area (Å²) < 4.78 is 0. The van der Waals surface area contributed by atoms with Crippen molar-refractivity contribution in [1.82, 2.24) is 0 Å². The van der Waals surface area contributed by atoms with E-state index in [2.05, 4.69) is 11.4 Å². The van der Waals surface area contributed by atoms with Gasteiger partial charge < -0.3 is 5.32 Å². The van der Waals surface area contributed by atoms with Gasteiger partial charge in [-0.25, -0.2) is 0 Å². The van der Waals surface area contributed by atoms with Gasteiger partial charge in [0.05, 0.1) is 11.5 Å². The van der Waals surface area contributed by atoms with Gasteiger partial charge in [-0.2, -0.15) is 5.26 Å². The lowest BCUT2D eigenvalue weighted by Crippen LogP contribution is -2.24. The molecule has 1 aromatic rings. The minimum atomic E-state index is -0.244. The number of benzene rings is 1. The molecule has 2 fully saturated rings. The molecule has 3 nitrogen and oxygen atoms in total. The van der Waals surface area contributed by atoms with E-state index >= 15 is 0 Å². The predicted molar refractivity (Wildman–Crippen MR) is 78.2 cm³/mol. The van der Waals surface area contributed by atoms with Crippen LogP contribution in [0.2, 0.25) is 0 Å². The molecular formula is C17H20N2O. The number of hydrogen-bond donors (Lipinski definition) is 1. The van der Waals surface area contributed by atoms with Gasteiger partial charge in [-0.1, -0.05) is 31.4 Å². The first-order valence-corrected chi connectivity index (χ1v) is 7.56. The summed E-state index contributed by atoms with van der Waals surface area (Å²) in [7, 11) is 0. The summed E-state index contributed by atoms with van der Waals surface area (Å²) in [6, 6.07) is 10.2. The van der Waals surface area contributed by atoms with Crippen molar-refractivity contribution in [1.29, 1.82) is 5.26 Å². The van der Waals surface area contributed by atoms with Gasteiger partial charge >= 0.3 is 0 Å². The molecule has 104 valence electrons. The lowest BCUT2D eigenvalue weighted by atomic mass is 9.88. The van der Waals surface area contributed by atoms with Gasteiger partial charge in [-0.15, -0.1) is 0 Å². The molecule has 0 heterocycles. The number of rotatable bonds is 3. The number of anilines is 1. The molecule has 1 aromatic carbocycles. The number of carbonyl (C=O) groups is 1. The normalized spacial score (nSPS) is 20.9. The van der Waals surface area contributed by atoms with Crippen LogP contribution in [-0.4, -0.2) is 5.91 Å². The fourth-order valence-corrected chi connectivity index (χ4v) is 3.07. The number of hydrogen-bond acceptors (Lipinski definition) is 2. The largest absolute Gasteiger partial charge is 0.326 e. The molecule has 0 radical (unpaired) electrons. The Bertz CT molecular complexity index is 531. The summed E-state index contributed by atoms with van der Waals surface area (Å²) in [5.74, 6) is 0.330. The maximum Gasteiger partial charge on any atom is 0.227 e. The van der Waals surface area contributed by atoms with Crippen LogP contribution in [0.3, 0.4) is 0 Å². The highest BCUT2D eigenvalue weighted by atomic mass is 16.1. The van der Waals surface area contributed by atoms with Crippen LogP contribution in [0, 0.1) is 17.2 Å². The summed E-state index contributed by atoms with van der Waals surface area (Å²) in [4.78, 5) is 12.2. The van der Waals surface area contributed by atoms with E-state index in [-0.39, 0.29) is 17.2 Å². The summed E-state index contributed by atoms with van der Waals surface area (Å²) in [6.07, 6.45) is 7.54. The molecule has 0 unspecified atom stereocenters. The van der Waals surface area contributed by atoms with Crippen molar-refractivity contribution in [2.75, 3.05) is 5.32 Å². The zero-order valence-corrected chi connectivity index (χ0v) is 11.7. The maximum absolute atomic E-state index is 12.2. The van der Waals surface area contributed by atoms with Gasteiger partial charge in [0.1, 0.15) is 0 Å². The summed E-state index contributed by atoms with van der Waals surface area (Å²) >= 11 is 0. The third kappa shape index (κ3) is 2.56. The minimum absolute atomic E-state index is 0.152. The highest BCUT2D eigenvalue weighted by Crippen LogP contribution is 2.47. The van der Waals surface area contributed by atoms with E-state index in [1.54, 1.807) is 0 Å². The first-order valence-electron chi connectivity index (χ1n) is 7.56. The van der Waals surface area contributed by atoms with Crippen LogP contribution in [0.15, 0.2) is 24.3 Å². The van der Waals surface area contributed by atoms with Crippen molar-refractivity contribution in [3.8, 4) is 6.07 Å². The van der Waals surface area contributed by atoms with Gasteiger partial charge in [-0.3, -0.25) is 4.79 Å². The van der Waals surface area contributed by atoms with Crippen LogP contribution in [0.25, 0.3) is 0 Å². The van der Waals surface area contributed by atoms with E-state index in [1.807, 2.05) is 24.3 Å².